The number of fused-ring (bicyclic) bond motifs is 1. The summed E-state index contributed by atoms with van der Waals surface area (Å²) in [5, 5.41) is 12.8. The van der Waals surface area contributed by atoms with Gasteiger partial charge >= 0.3 is 11.9 Å². The van der Waals surface area contributed by atoms with E-state index in [2.05, 4.69) is 5.32 Å². The van der Waals surface area contributed by atoms with E-state index in [1.165, 1.54) is 36.7 Å². The Labute approximate surface area is 237 Å². The van der Waals surface area contributed by atoms with E-state index in [0.29, 0.717) is 16.2 Å². The summed E-state index contributed by atoms with van der Waals surface area (Å²) >= 11 is 7.15. The van der Waals surface area contributed by atoms with Gasteiger partial charge in [0.15, 0.2) is 6.61 Å². The minimum absolute atomic E-state index is 0.126. The Bertz CT molecular complexity index is 1400. The molecular formula is C26H22ClN3O9S. The van der Waals surface area contributed by atoms with E-state index >= 15 is 0 Å². The molecule has 208 valence electrons. The topological polar surface area (TPSA) is 154 Å². The number of non-ortho nitro benzene ring substituents is 1. The van der Waals surface area contributed by atoms with Gasteiger partial charge in [0.25, 0.3) is 17.5 Å². The number of carbonyl (C=O) groups is 4. The number of nitrogens with one attached hydrogen (secondary N) is 1. The summed E-state index contributed by atoms with van der Waals surface area (Å²) in [6.07, 6.45) is 0. The Kier molecular flexibility index (Phi) is 9.07. The van der Waals surface area contributed by atoms with Crippen LogP contribution in [0, 0.1) is 10.1 Å². The molecule has 1 saturated heterocycles. The van der Waals surface area contributed by atoms with Gasteiger partial charge in [0, 0.05) is 35.1 Å². The van der Waals surface area contributed by atoms with E-state index in [9.17, 15) is 29.3 Å². The van der Waals surface area contributed by atoms with Gasteiger partial charge in [0.2, 0.25) is 0 Å². The summed E-state index contributed by atoms with van der Waals surface area (Å²) in [4.78, 5) is 62.3. The van der Waals surface area contributed by atoms with Crippen molar-refractivity contribution in [3.8, 4) is 5.75 Å². The molecule has 2 atom stereocenters. The van der Waals surface area contributed by atoms with Crippen LogP contribution in [-0.2, 0) is 35.3 Å². The summed E-state index contributed by atoms with van der Waals surface area (Å²) in [6.45, 7) is 0.244. The standard InChI is InChI=1S/C26H22ClN3O9S/c1-15(31)37-13-19-20(11-27)40-25-22(28-21(32)14-38-18-5-3-2-4-6-18)24(33)29(25)23(19)26(34)39-12-16-7-9-17(10-8-16)30(35)36/h2-11,22,25H,12-14H2,1H3,(H,28,32)/b20-11-/t22?,25-/m1/s1. The fourth-order valence-electron chi connectivity index (χ4n) is 3.86. The van der Waals surface area contributed by atoms with Gasteiger partial charge in [-0.3, -0.25) is 29.4 Å². The molecule has 14 heteroatoms. The van der Waals surface area contributed by atoms with Gasteiger partial charge in [-0.05, 0) is 29.8 Å². The molecule has 2 heterocycles. The molecule has 2 amide bonds. The van der Waals surface area contributed by atoms with Crippen LogP contribution in [-0.4, -0.2) is 58.2 Å². The Morgan fingerprint density at radius 3 is 2.42 bits per heavy atom. The number of nitrogens with zero attached hydrogens (tertiary/aromatic N) is 2. The normalized spacial score (nSPS) is 18.9. The molecule has 12 nitrogen and oxygen atoms in total. The molecule has 2 aromatic rings. The van der Waals surface area contributed by atoms with Crippen LogP contribution in [0.25, 0.3) is 0 Å². The summed E-state index contributed by atoms with van der Waals surface area (Å²) in [6, 6.07) is 13.1. The van der Waals surface area contributed by atoms with Crippen molar-refractivity contribution in [3.05, 3.63) is 92.0 Å². The number of halogens is 1. The highest BCUT2D eigenvalue weighted by atomic mass is 35.5. The van der Waals surface area contributed by atoms with E-state index in [1.54, 1.807) is 30.3 Å². The van der Waals surface area contributed by atoms with E-state index in [-0.39, 0.29) is 36.8 Å². The Morgan fingerprint density at radius 1 is 1.10 bits per heavy atom. The van der Waals surface area contributed by atoms with Crippen LogP contribution < -0.4 is 10.1 Å². The number of hydrogen-bond donors (Lipinski definition) is 1. The van der Waals surface area contributed by atoms with Gasteiger partial charge in [0.1, 0.15) is 36.1 Å². The number of thioether (sulfide) groups is 1. The number of esters is 2. The first-order chi connectivity index (χ1) is 19.2. The highest BCUT2D eigenvalue weighted by Gasteiger charge is 2.55. The largest absolute Gasteiger partial charge is 0.484 e. The number of benzene rings is 2. The zero-order valence-corrected chi connectivity index (χ0v) is 22.5. The van der Waals surface area contributed by atoms with Crippen LogP contribution in [0.5, 0.6) is 5.75 Å². The average Bonchev–Trinajstić information content (AvgIpc) is 2.96. The molecular weight excluding hydrogens is 566 g/mol. The quantitative estimate of drug-likeness (QED) is 0.190. The molecule has 0 aromatic heterocycles. The maximum Gasteiger partial charge on any atom is 0.355 e. The monoisotopic (exact) mass is 587 g/mol. The fraction of sp³-hybridized carbons (Fsp3) is 0.231. The highest BCUT2D eigenvalue weighted by molar-refractivity contribution is 8.04. The Balaban J connectivity index is 1.51. The van der Waals surface area contributed by atoms with Crippen LogP contribution in [0.1, 0.15) is 12.5 Å². The Morgan fingerprint density at radius 2 is 1.80 bits per heavy atom. The van der Waals surface area contributed by atoms with Gasteiger partial charge in [-0.1, -0.05) is 41.6 Å². The molecule has 40 heavy (non-hydrogen) atoms. The molecule has 2 aliphatic rings. The molecule has 0 spiro atoms. The SMILES string of the molecule is CC(=O)OCC1=C(C(=O)OCc2ccc([N+](=O)[O-])cc2)N2C(=O)C(NC(=O)COc3ccccc3)[C@H]2S/C1=C\Cl. The van der Waals surface area contributed by atoms with Gasteiger partial charge in [-0.15, -0.1) is 0 Å². The number of β-lactam (4-membered cyclic amide) rings is 1. The fourth-order valence-corrected chi connectivity index (χ4v) is 5.39. The van der Waals surface area contributed by atoms with Crippen LogP contribution >= 0.6 is 23.4 Å². The maximum atomic E-state index is 13.3. The van der Waals surface area contributed by atoms with Crippen molar-refractivity contribution >= 4 is 52.8 Å². The molecule has 0 radical (unpaired) electrons. The summed E-state index contributed by atoms with van der Waals surface area (Å²) in [5.41, 5.74) is 1.50. The molecule has 2 aromatic carbocycles. The number of ether oxygens (including phenoxy) is 3. The van der Waals surface area contributed by atoms with Crippen molar-refractivity contribution in [2.45, 2.75) is 24.9 Å². The maximum absolute atomic E-state index is 13.3. The third-order valence-corrected chi connectivity index (χ3v) is 7.46. The predicted molar refractivity (Wildman–Crippen MR) is 143 cm³/mol. The van der Waals surface area contributed by atoms with E-state index in [1.807, 2.05) is 0 Å². The molecule has 0 saturated carbocycles. The number of nitro groups is 1. The van der Waals surface area contributed by atoms with E-state index in [4.69, 9.17) is 25.8 Å². The van der Waals surface area contributed by atoms with Crippen LogP contribution in [0.15, 0.2) is 76.3 Å². The summed E-state index contributed by atoms with van der Waals surface area (Å²) < 4.78 is 15.9. The second kappa shape index (κ2) is 12.7. The number of hydrogen-bond acceptors (Lipinski definition) is 10. The van der Waals surface area contributed by atoms with E-state index < -0.39 is 40.1 Å². The molecule has 0 bridgehead atoms. The zero-order valence-electron chi connectivity index (χ0n) is 20.9. The minimum Gasteiger partial charge on any atom is -0.484 e. The van der Waals surface area contributed by atoms with Crippen molar-refractivity contribution < 1.29 is 38.3 Å². The lowest BCUT2D eigenvalue weighted by atomic mass is 10.0. The van der Waals surface area contributed by atoms with Gasteiger partial charge in [0.05, 0.1) is 4.92 Å². The first-order valence-corrected chi connectivity index (χ1v) is 13.1. The molecule has 0 aliphatic carbocycles. The third kappa shape index (κ3) is 6.43. The molecule has 4 rings (SSSR count). The first kappa shape index (κ1) is 28.6. The lowest BCUT2D eigenvalue weighted by molar-refractivity contribution is -0.384. The molecule has 1 N–H and O–H groups in total. The van der Waals surface area contributed by atoms with Crippen LogP contribution in [0.2, 0.25) is 0 Å². The number of para-hydroxylation sites is 1. The molecule has 1 fully saturated rings. The second-order valence-corrected chi connectivity index (χ2v) is 9.82. The minimum atomic E-state index is -0.990. The lowest BCUT2D eigenvalue weighted by Crippen LogP contribution is -2.70. The zero-order chi connectivity index (χ0) is 28.8. The molecule has 1 unspecified atom stereocenters. The third-order valence-electron chi connectivity index (χ3n) is 5.77. The number of nitro benzene ring substituents is 1. The Hall–Kier alpha value is -4.36. The smallest absolute Gasteiger partial charge is 0.355 e. The van der Waals surface area contributed by atoms with Crippen molar-refractivity contribution in [1.82, 2.24) is 10.2 Å². The van der Waals surface area contributed by atoms with Gasteiger partial charge in [-0.25, -0.2) is 4.79 Å². The van der Waals surface area contributed by atoms with Crippen molar-refractivity contribution in [2.75, 3.05) is 13.2 Å². The van der Waals surface area contributed by atoms with Crippen molar-refractivity contribution in [3.63, 3.8) is 0 Å². The highest BCUT2D eigenvalue weighted by Crippen LogP contribution is 2.47. The predicted octanol–water partition coefficient (Wildman–Crippen LogP) is 3.01. The van der Waals surface area contributed by atoms with Gasteiger partial charge in [-0.2, -0.15) is 0 Å². The summed E-state index contributed by atoms with van der Waals surface area (Å²) in [5.74, 6) is -2.18. The number of carbonyl (C=O) groups excluding carboxylic acids is 4. The van der Waals surface area contributed by atoms with E-state index in [0.717, 1.165) is 16.7 Å². The van der Waals surface area contributed by atoms with Crippen LogP contribution in [0.4, 0.5) is 5.69 Å². The average molecular weight is 588 g/mol. The first-order valence-electron chi connectivity index (χ1n) is 11.7. The molecule has 2 aliphatic heterocycles. The van der Waals surface area contributed by atoms with Crippen LogP contribution in [0.3, 0.4) is 0 Å². The van der Waals surface area contributed by atoms with Crippen molar-refractivity contribution in [2.24, 2.45) is 0 Å². The lowest BCUT2D eigenvalue weighted by Gasteiger charge is -2.50. The number of amides is 2. The van der Waals surface area contributed by atoms with Gasteiger partial charge < -0.3 is 19.5 Å². The number of rotatable bonds is 10. The van der Waals surface area contributed by atoms with Crippen molar-refractivity contribution in [1.29, 1.82) is 0 Å². The second-order valence-electron chi connectivity index (χ2n) is 8.44. The summed E-state index contributed by atoms with van der Waals surface area (Å²) in [7, 11) is 0.